The van der Waals surface area contributed by atoms with Gasteiger partial charge in [-0.1, -0.05) is 70.6 Å². The van der Waals surface area contributed by atoms with E-state index in [0.717, 1.165) is 70.6 Å². The highest BCUT2D eigenvalue weighted by molar-refractivity contribution is 6.38. The second kappa shape index (κ2) is 20.1. The lowest BCUT2D eigenvalue weighted by Gasteiger charge is -2.33. The average Bonchev–Trinajstić information content (AvgIpc) is 3.62. The number of nitrogens with zero attached hydrogens (tertiary/aromatic N) is 2. The van der Waals surface area contributed by atoms with Crippen molar-refractivity contribution in [2.75, 3.05) is 27.2 Å². The fraction of sp³-hybridized carbons (Fsp3) is 0.829. The number of hydrogen-bond acceptors (Lipinski definition) is 9. The number of fused-ring (bicyclic) bond motifs is 3. The summed E-state index contributed by atoms with van der Waals surface area (Å²) in [5.74, 6) is -4.12. The van der Waals surface area contributed by atoms with Gasteiger partial charge in [0, 0.05) is 26.6 Å². The molecule has 0 aromatic carbocycles. The van der Waals surface area contributed by atoms with E-state index < -0.39 is 83.5 Å². The van der Waals surface area contributed by atoms with Crippen LogP contribution < -0.4 is 21.3 Å². The van der Waals surface area contributed by atoms with Gasteiger partial charge in [-0.05, 0) is 72.6 Å². The summed E-state index contributed by atoms with van der Waals surface area (Å²) >= 11 is 0. The Bertz CT molecular complexity index is 1420. The molecule has 0 aromatic heterocycles. The summed E-state index contributed by atoms with van der Waals surface area (Å²) in [5, 5.41) is 10.8. The highest BCUT2D eigenvalue weighted by Gasteiger charge is 2.56. The minimum absolute atomic E-state index is 0.0150. The average molecular weight is 789 g/mol. The lowest BCUT2D eigenvalue weighted by atomic mass is 9.83. The van der Waals surface area contributed by atoms with Gasteiger partial charge < -0.3 is 40.5 Å². The number of ether oxygens (including phenoxy) is 2. The molecule has 3 aliphatic heterocycles. The first-order chi connectivity index (χ1) is 26.4. The van der Waals surface area contributed by atoms with E-state index >= 15 is 0 Å². The van der Waals surface area contributed by atoms with Gasteiger partial charge in [-0.25, -0.2) is 4.79 Å². The van der Waals surface area contributed by atoms with Crippen molar-refractivity contribution < 1.29 is 43.0 Å². The van der Waals surface area contributed by atoms with Crippen LogP contribution in [0, 0.1) is 11.8 Å². The molecule has 0 spiro atoms. The molecule has 0 radical (unpaired) electrons. The van der Waals surface area contributed by atoms with Crippen LogP contribution >= 0.6 is 0 Å². The molecule has 4 aliphatic rings. The second-order valence-electron chi connectivity index (χ2n) is 18.1. The van der Waals surface area contributed by atoms with Gasteiger partial charge in [0.2, 0.25) is 29.4 Å². The maximum Gasteiger partial charge on any atom is 0.408 e. The SMILES string of the molecule is CN(C)C(=O)[C@@H](NC(=O)CNC(=O)C(=O)[C@H]1CCCCCCCCCC[C@@H](NC(=O)OC(C)(C)C)C(=O)N2C[C@@H]3OC(C)(C)C[C@@H]3[C@H]2C(=O)N1)C1CCCCC1. The summed E-state index contributed by atoms with van der Waals surface area (Å²) in [6.07, 6.45) is 11.3. The highest BCUT2D eigenvalue weighted by atomic mass is 16.6. The minimum Gasteiger partial charge on any atom is -0.444 e. The normalized spacial score (nSPS) is 27.4. The molecular weight excluding hydrogens is 720 g/mol. The van der Waals surface area contributed by atoms with Crippen LogP contribution in [0.2, 0.25) is 0 Å². The molecule has 4 fully saturated rings. The molecule has 56 heavy (non-hydrogen) atoms. The van der Waals surface area contributed by atoms with Crippen LogP contribution in [0.3, 0.4) is 0 Å². The molecule has 0 aromatic rings. The second-order valence-corrected chi connectivity index (χ2v) is 18.1. The Labute approximate surface area is 332 Å². The van der Waals surface area contributed by atoms with Crippen LogP contribution in [0.4, 0.5) is 4.79 Å². The number of rotatable bonds is 8. The zero-order valence-electron chi connectivity index (χ0n) is 34.8. The Morgan fingerprint density at radius 1 is 0.893 bits per heavy atom. The Morgan fingerprint density at radius 3 is 2.07 bits per heavy atom. The van der Waals surface area contributed by atoms with Crippen LogP contribution in [0.15, 0.2) is 0 Å². The molecule has 3 heterocycles. The first kappa shape index (κ1) is 45.0. The van der Waals surface area contributed by atoms with E-state index in [1.807, 2.05) is 13.8 Å². The topological polar surface area (TPSA) is 193 Å². The maximum atomic E-state index is 14.4. The van der Waals surface area contributed by atoms with E-state index in [9.17, 15) is 33.6 Å². The fourth-order valence-corrected chi connectivity index (χ4v) is 8.78. The molecule has 316 valence electrons. The molecule has 6 atom stereocenters. The van der Waals surface area contributed by atoms with E-state index in [-0.39, 0.29) is 30.7 Å². The summed E-state index contributed by atoms with van der Waals surface area (Å²) in [6.45, 7) is 8.71. The molecule has 3 saturated heterocycles. The molecule has 4 N–H and O–H groups in total. The third kappa shape index (κ3) is 12.9. The van der Waals surface area contributed by atoms with Crippen molar-refractivity contribution in [2.24, 2.45) is 11.8 Å². The summed E-state index contributed by atoms with van der Waals surface area (Å²) in [5.41, 5.74) is -1.33. The number of likely N-dealkylation sites (N-methyl/N-ethyl adjacent to an activating group) is 1. The Morgan fingerprint density at radius 2 is 1.46 bits per heavy atom. The maximum absolute atomic E-state index is 14.4. The van der Waals surface area contributed by atoms with Crippen LogP contribution in [0.5, 0.6) is 0 Å². The number of alkyl carbamates (subject to hydrolysis) is 1. The largest absolute Gasteiger partial charge is 0.444 e. The van der Waals surface area contributed by atoms with Gasteiger partial charge in [0.25, 0.3) is 5.91 Å². The summed E-state index contributed by atoms with van der Waals surface area (Å²) in [4.78, 5) is 97.9. The number of nitrogens with one attached hydrogen (secondary N) is 4. The molecule has 4 rings (SSSR count). The Kier molecular flexibility index (Phi) is 16.1. The third-order valence-electron chi connectivity index (χ3n) is 11.5. The smallest absolute Gasteiger partial charge is 0.408 e. The zero-order valence-corrected chi connectivity index (χ0v) is 34.8. The highest BCUT2D eigenvalue weighted by Crippen LogP contribution is 2.43. The van der Waals surface area contributed by atoms with Crippen molar-refractivity contribution >= 4 is 41.4 Å². The van der Waals surface area contributed by atoms with Crippen LogP contribution in [-0.2, 0) is 38.2 Å². The van der Waals surface area contributed by atoms with Gasteiger partial charge >= 0.3 is 6.09 Å². The quantitative estimate of drug-likeness (QED) is 0.267. The van der Waals surface area contributed by atoms with Crippen molar-refractivity contribution in [2.45, 2.75) is 179 Å². The third-order valence-corrected chi connectivity index (χ3v) is 11.5. The number of carbonyl (C=O) groups excluding carboxylic acids is 7. The van der Waals surface area contributed by atoms with Crippen molar-refractivity contribution in [3.8, 4) is 0 Å². The molecule has 15 heteroatoms. The molecule has 6 amide bonds. The summed E-state index contributed by atoms with van der Waals surface area (Å²) in [6, 6.07) is -3.88. The van der Waals surface area contributed by atoms with Crippen molar-refractivity contribution in [1.82, 2.24) is 31.1 Å². The standard InChI is InChI=1S/C41H68N6O9/c1-40(2,3)56-39(54)44-29-22-18-13-11-9-8-10-12-17-21-28(43-35(50)33-27-23-41(4,5)55-30(27)25-47(33)37(29)52)34(49)36(51)42-24-31(48)45-32(38(53)46(6)7)26-19-15-14-16-20-26/h26-30,32-33H,8-25H2,1-7H3,(H,42,51)(H,43,50)(H,44,54)(H,45,48)/t27-,28+,29+,30-,32-,33-/m0/s1. The van der Waals surface area contributed by atoms with Crippen LogP contribution in [-0.4, -0.2) is 120 Å². The van der Waals surface area contributed by atoms with Crippen molar-refractivity contribution in [3.63, 3.8) is 0 Å². The molecule has 0 unspecified atom stereocenters. The first-order valence-corrected chi connectivity index (χ1v) is 21.0. The number of amides is 6. The molecule has 0 bridgehead atoms. The molecular formula is C41H68N6O9. The predicted octanol–water partition coefficient (Wildman–Crippen LogP) is 3.51. The predicted molar refractivity (Wildman–Crippen MR) is 209 cm³/mol. The van der Waals surface area contributed by atoms with E-state index in [1.54, 1.807) is 34.9 Å². The molecule has 1 saturated carbocycles. The van der Waals surface area contributed by atoms with E-state index in [4.69, 9.17) is 9.47 Å². The van der Waals surface area contributed by atoms with Crippen LogP contribution in [0.1, 0.15) is 137 Å². The lowest BCUT2D eigenvalue weighted by Crippen LogP contribution is -2.58. The van der Waals surface area contributed by atoms with E-state index in [2.05, 4.69) is 21.3 Å². The Hall–Kier alpha value is -3.75. The molecule has 15 nitrogen and oxygen atoms in total. The van der Waals surface area contributed by atoms with Gasteiger partial charge in [0.15, 0.2) is 0 Å². The summed E-state index contributed by atoms with van der Waals surface area (Å²) < 4.78 is 11.8. The number of ketones is 1. The number of Topliss-reactive ketones (excluding diaryl/α,β-unsaturated/α-hetero) is 1. The summed E-state index contributed by atoms with van der Waals surface area (Å²) in [7, 11) is 3.27. The van der Waals surface area contributed by atoms with Crippen molar-refractivity contribution in [1.29, 1.82) is 0 Å². The minimum atomic E-state index is -1.20. The monoisotopic (exact) mass is 789 g/mol. The Balaban J connectivity index is 1.52. The van der Waals surface area contributed by atoms with Crippen LogP contribution in [0.25, 0.3) is 0 Å². The fourth-order valence-electron chi connectivity index (χ4n) is 8.78. The molecule has 1 aliphatic carbocycles. The van der Waals surface area contributed by atoms with Gasteiger partial charge in [0.05, 0.1) is 24.3 Å². The number of hydrogen-bond donors (Lipinski definition) is 4. The lowest BCUT2D eigenvalue weighted by molar-refractivity contribution is -0.144. The van der Waals surface area contributed by atoms with Gasteiger partial charge in [-0.15, -0.1) is 0 Å². The first-order valence-electron chi connectivity index (χ1n) is 21.0. The number of carbonyl (C=O) groups is 7. The van der Waals surface area contributed by atoms with Gasteiger partial charge in [0.1, 0.15) is 23.7 Å². The van der Waals surface area contributed by atoms with Gasteiger partial charge in [-0.3, -0.25) is 28.8 Å². The van der Waals surface area contributed by atoms with E-state index in [1.165, 1.54) is 9.80 Å². The van der Waals surface area contributed by atoms with Gasteiger partial charge in [-0.2, -0.15) is 0 Å². The van der Waals surface area contributed by atoms with E-state index in [0.29, 0.717) is 25.7 Å². The van der Waals surface area contributed by atoms with Crippen molar-refractivity contribution in [3.05, 3.63) is 0 Å². The zero-order chi connectivity index (χ0) is 41.2.